The van der Waals surface area contributed by atoms with Gasteiger partial charge in [-0.3, -0.25) is 19.2 Å². The number of nitrogens with one attached hydrogen (secondary N) is 3. The molecule has 0 rings (SSSR count). The number of carbonyl (C=O) groups is 5. The fraction of sp³-hybridized carbons (Fsp3) is 0.737. The van der Waals surface area contributed by atoms with Crippen molar-refractivity contribution in [2.45, 2.75) is 71.1 Å². The standard InChI is InChI=1S/C19H34N4O7S/c1-5-10(4)15(20)18(28)23-13(8-31)17(27)21-11(6-9(2)3)16(26)22-12(19(29)30)7-14(24)25/h9-13,15,31H,5-8,20H2,1-4H3,(H,21,27)(H,22,26)(H,23,28)(H,24,25)(H,29,30). The van der Waals surface area contributed by atoms with Crippen molar-refractivity contribution in [2.75, 3.05) is 5.75 Å². The van der Waals surface area contributed by atoms with Crippen LogP contribution < -0.4 is 21.7 Å². The number of amides is 3. The summed E-state index contributed by atoms with van der Waals surface area (Å²) in [5, 5.41) is 25.1. The van der Waals surface area contributed by atoms with E-state index in [0.717, 1.165) is 0 Å². The number of carbonyl (C=O) groups excluding carboxylic acids is 3. The second kappa shape index (κ2) is 13.9. The van der Waals surface area contributed by atoms with Crippen molar-refractivity contribution in [3.05, 3.63) is 0 Å². The van der Waals surface area contributed by atoms with Crippen molar-refractivity contribution >= 4 is 42.3 Å². The lowest BCUT2D eigenvalue weighted by molar-refractivity contribution is -0.147. The van der Waals surface area contributed by atoms with Crippen molar-refractivity contribution in [3.8, 4) is 0 Å². The van der Waals surface area contributed by atoms with E-state index in [9.17, 15) is 24.0 Å². The molecular formula is C19H34N4O7S. The summed E-state index contributed by atoms with van der Waals surface area (Å²) < 4.78 is 0. The summed E-state index contributed by atoms with van der Waals surface area (Å²) >= 11 is 4.08. The highest BCUT2D eigenvalue weighted by atomic mass is 32.1. The van der Waals surface area contributed by atoms with Crippen molar-refractivity contribution < 1.29 is 34.2 Å². The fourth-order valence-corrected chi connectivity index (χ4v) is 2.85. The van der Waals surface area contributed by atoms with Crippen LogP contribution in [-0.4, -0.2) is 69.8 Å². The normalized spacial score (nSPS) is 15.8. The zero-order valence-corrected chi connectivity index (χ0v) is 19.1. The molecule has 0 saturated carbocycles. The molecule has 0 radical (unpaired) electrons. The lowest BCUT2D eigenvalue weighted by Crippen LogP contribution is -2.58. The molecule has 0 aromatic rings. The van der Waals surface area contributed by atoms with Crippen molar-refractivity contribution in [3.63, 3.8) is 0 Å². The molecule has 5 atom stereocenters. The van der Waals surface area contributed by atoms with Crippen LogP contribution in [0.25, 0.3) is 0 Å². The van der Waals surface area contributed by atoms with E-state index >= 15 is 0 Å². The third kappa shape index (κ3) is 10.5. The number of hydrogen-bond donors (Lipinski definition) is 7. The van der Waals surface area contributed by atoms with Crippen LogP contribution >= 0.6 is 12.6 Å². The van der Waals surface area contributed by atoms with Crippen molar-refractivity contribution in [2.24, 2.45) is 17.6 Å². The van der Waals surface area contributed by atoms with Gasteiger partial charge < -0.3 is 31.9 Å². The van der Waals surface area contributed by atoms with Gasteiger partial charge in [0.05, 0.1) is 12.5 Å². The maximum Gasteiger partial charge on any atom is 0.326 e. The van der Waals surface area contributed by atoms with Crippen LogP contribution in [0.5, 0.6) is 0 Å². The van der Waals surface area contributed by atoms with Gasteiger partial charge >= 0.3 is 11.9 Å². The number of aliphatic carboxylic acids is 2. The summed E-state index contributed by atoms with van der Waals surface area (Å²) in [5.41, 5.74) is 5.88. The molecule has 0 saturated heterocycles. The maximum absolute atomic E-state index is 12.7. The highest BCUT2D eigenvalue weighted by molar-refractivity contribution is 7.80. The van der Waals surface area contributed by atoms with E-state index in [2.05, 4.69) is 28.6 Å². The number of hydrogen-bond acceptors (Lipinski definition) is 7. The Kier molecular flexibility index (Phi) is 12.8. The number of carboxylic acids is 2. The van der Waals surface area contributed by atoms with Gasteiger partial charge in [-0.2, -0.15) is 12.6 Å². The molecular weight excluding hydrogens is 428 g/mol. The lowest BCUT2D eigenvalue weighted by atomic mass is 9.99. The first-order valence-electron chi connectivity index (χ1n) is 10.1. The second-order valence-corrected chi connectivity index (χ2v) is 8.21. The first kappa shape index (κ1) is 28.7. The van der Waals surface area contributed by atoms with E-state index in [1.54, 1.807) is 20.8 Å². The molecule has 5 unspecified atom stereocenters. The van der Waals surface area contributed by atoms with Crippen LogP contribution in [0.15, 0.2) is 0 Å². The van der Waals surface area contributed by atoms with E-state index in [0.29, 0.717) is 6.42 Å². The zero-order chi connectivity index (χ0) is 24.3. The quantitative estimate of drug-likeness (QED) is 0.166. The Morgan fingerprint density at radius 1 is 0.871 bits per heavy atom. The number of nitrogens with two attached hydrogens (primary N) is 1. The van der Waals surface area contributed by atoms with Crippen LogP contribution in [-0.2, 0) is 24.0 Å². The molecule has 0 aromatic carbocycles. The Labute approximate surface area is 187 Å². The summed E-state index contributed by atoms with van der Waals surface area (Å²) in [6.07, 6.45) is 0.0207. The minimum atomic E-state index is -1.65. The summed E-state index contributed by atoms with van der Waals surface area (Å²) in [4.78, 5) is 59.6. The van der Waals surface area contributed by atoms with Crippen LogP contribution in [0.3, 0.4) is 0 Å². The van der Waals surface area contributed by atoms with E-state index < -0.39 is 60.2 Å². The molecule has 0 aliphatic rings. The second-order valence-electron chi connectivity index (χ2n) is 7.84. The third-order valence-electron chi connectivity index (χ3n) is 4.71. The molecule has 11 nitrogen and oxygen atoms in total. The van der Waals surface area contributed by atoms with E-state index in [1.807, 2.05) is 6.92 Å². The minimum absolute atomic E-state index is 0.0540. The molecule has 178 valence electrons. The molecule has 3 amide bonds. The van der Waals surface area contributed by atoms with Gasteiger partial charge in [0.1, 0.15) is 18.1 Å². The summed E-state index contributed by atoms with van der Waals surface area (Å²) in [6, 6.07) is -4.67. The SMILES string of the molecule is CCC(C)C(N)C(=O)NC(CS)C(=O)NC(CC(C)C)C(=O)NC(CC(=O)O)C(=O)O. The zero-order valence-electron chi connectivity index (χ0n) is 18.3. The predicted molar refractivity (Wildman–Crippen MR) is 116 cm³/mol. The molecule has 0 aromatic heterocycles. The predicted octanol–water partition coefficient (Wildman–Crippen LogP) is -0.651. The first-order valence-corrected chi connectivity index (χ1v) is 10.7. The van der Waals surface area contributed by atoms with Gasteiger partial charge in [-0.1, -0.05) is 34.1 Å². The van der Waals surface area contributed by atoms with Gasteiger partial charge in [0.25, 0.3) is 0 Å². The van der Waals surface area contributed by atoms with Gasteiger partial charge in [0.2, 0.25) is 17.7 Å². The Balaban J connectivity index is 5.32. The van der Waals surface area contributed by atoms with Crippen LogP contribution in [0.1, 0.15) is 47.0 Å². The largest absolute Gasteiger partial charge is 0.481 e. The highest BCUT2D eigenvalue weighted by Gasteiger charge is 2.31. The molecule has 12 heteroatoms. The van der Waals surface area contributed by atoms with Crippen LogP contribution in [0, 0.1) is 11.8 Å². The minimum Gasteiger partial charge on any atom is -0.481 e. The molecule has 0 fully saturated rings. The first-order chi connectivity index (χ1) is 14.3. The van der Waals surface area contributed by atoms with E-state index in [1.165, 1.54) is 0 Å². The van der Waals surface area contributed by atoms with Gasteiger partial charge in [-0.05, 0) is 18.3 Å². The number of carboxylic acid groups (broad SMARTS) is 2. The van der Waals surface area contributed by atoms with E-state index in [4.69, 9.17) is 15.9 Å². The van der Waals surface area contributed by atoms with Crippen molar-refractivity contribution in [1.29, 1.82) is 0 Å². The average molecular weight is 463 g/mol. The maximum atomic E-state index is 12.7. The molecule has 7 N–H and O–H groups in total. The monoisotopic (exact) mass is 462 g/mol. The fourth-order valence-electron chi connectivity index (χ4n) is 2.60. The molecule has 0 aliphatic carbocycles. The Morgan fingerprint density at radius 3 is 1.77 bits per heavy atom. The number of rotatable bonds is 14. The lowest BCUT2D eigenvalue weighted by Gasteiger charge is -2.26. The van der Waals surface area contributed by atoms with Gasteiger partial charge in [-0.25, -0.2) is 4.79 Å². The molecule has 0 aliphatic heterocycles. The Bertz CT molecular complexity index is 659. The summed E-state index contributed by atoms with van der Waals surface area (Å²) in [6.45, 7) is 7.27. The van der Waals surface area contributed by atoms with Gasteiger partial charge in [0.15, 0.2) is 0 Å². The molecule has 0 heterocycles. The Morgan fingerprint density at radius 2 is 1.35 bits per heavy atom. The third-order valence-corrected chi connectivity index (χ3v) is 5.07. The van der Waals surface area contributed by atoms with E-state index in [-0.39, 0.29) is 24.0 Å². The molecule has 0 bridgehead atoms. The Hall–Kier alpha value is -2.34. The average Bonchev–Trinajstić information content (AvgIpc) is 2.68. The smallest absolute Gasteiger partial charge is 0.326 e. The molecule has 31 heavy (non-hydrogen) atoms. The van der Waals surface area contributed by atoms with Gasteiger partial charge in [0, 0.05) is 5.75 Å². The molecule has 0 spiro atoms. The highest BCUT2D eigenvalue weighted by Crippen LogP contribution is 2.08. The van der Waals surface area contributed by atoms with Crippen LogP contribution in [0.4, 0.5) is 0 Å². The van der Waals surface area contributed by atoms with Crippen LogP contribution in [0.2, 0.25) is 0 Å². The number of thiol groups is 1. The summed E-state index contributed by atoms with van der Waals surface area (Å²) in [7, 11) is 0. The topological polar surface area (TPSA) is 188 Å². The summed E-state index contributed by atoms with van der Waals surface area (Å²) in [5.74, 6) is -5.18. The van der Waals surface area contributed by atoms with Crippen molar-refractivity contribution in [1.82, 2.24) is 16.0 Å². The van der Waals surface area contributed by atoms with Gasteiger partial charge in [-0.15, -0.1) is 0 Å².